The van der Waals surface area contributed by atoms with Crippen molar-refractivity contribution in [2.24, 2.45) is 0 Å². The summed E-state index contributed by atoms with van der Waals surface area (Å²) in [5.41, 5.74) is 2.99. The summed E-state index contributed by atoms with van der Waals surface area (Å²) in [6, 6.07) is 6.82. The highest BCUT2D eigenvalue weighted by atomic mass is 16.7. The molecule has 8 nitrogen and oxygen atoms in total. The number of aryl methyl sites for hydroxylation is 1. The first kappa shape index (κ1) is 21.9. The number of ether oxygens (including phenoxy) is 3. The summed E-state index contributed by atoms with van der Waals surface area (Å²) in [5.74, 6) is 0.534. The highest BCUT2D eigenvalue weighted by Gasteiger charge is 2.35. The minimum absolute atomic E-state index is 0.0365. The van der Waals surface area contributed by atoms with Crippen LogP contribution in [-0.4, -0.2) is 53.1 Å². The Kier molecular flexibility index (Phi) is 6.21. The van der Waals surface area contributed by atoms with Crippen LogP contribution in [0.15, 0.2) is 24.3 Å². The van der Waals surface area contributed by atoms with Crippen LogP contribution in [0.3, 0.4) is 0 Å². The van der Waals surface area contributed by atoms with Crippen LogP contribution in [0.4, 0.5) is 0 Å². The third kappa shape index (κ3) is 4.09. The third-order valence-electron chi connectivity index (χ3n) is 6.00. The first-order valence-corrected chi connectivity index (χ1v) is 11.0. The van der Waals surface area contributed by atoms with E-state index in [1.165, 1.54) is 0 Å². The number of nitrogens with zero attached hydrogens (tertiary/aromatic N) is 2. The second kappa shape index (κ2) is 9.06. The van der Waals surface area contributed by atoms with Crippen molar-refractivity contribution in [3.05, 3.63) is 41.2 Å². The predicted molar refractivity (Wildman–Crippen MR) is 116 cm³/mol. The molecule has 170 valence electrons. The van der Waals surface area contributed by atoms with Crippen LogP contribution in [0.1, 0.15) is 54.4 Å². The number of rotatable bonds is 7. The lowest BCUT2D eigenvalue weighted by Gasteiger charge is -2.23. The average molecular weight is 440 g/mol. The normalized spacial score (nSPS) is 17.0. The van der Waals surface area contributed by atoms with E-state index in [0.29, 0.717) is 36.4 Å². The summed E-state index contributed by atoms with van der Waals surface area (Å²) < 4.78 is 18.1. The van der Waals surface area contributed by atoms with Gasteiger partial charge in [0.25, 0.3) is 0 Å². The molecule has 2 aliphatic heterocycles. The van der Waals surface area contributed by atoms with Gasteiger partial charge in [-0.2, -0.15) is 0 Å². The smallest absolute Gasteiger partial charge is 0.329 e. The molecule has 0 spiro atoms. The van der Waals surface area contributed by atoms with E-state index in [1.54, 1.807) is 11.0 Å². The van der Waals surface area contributed by atoms with E-state index in [2.05, 4.69) is 0 Å². The zero-order valence-electron chi connectivity index (χ0n) is 18.7. The number of likely N-dealkylation sites (tertiary alicyclic amines) is 1. The maximum absolute atomic E-state index is 12.9. The molecule has 1 aromatic heterocycles. The number of hydrogen-bond donors (Lipinski definition) is 0. The molecule has 0 bridgehead atoms. The number of carbonyl (C=O) groups is 3. The van der Waals surface area contributed by atoms with Gasteiger partial charge in [-0.25, -0.2) is 4.79 Å². The van der Waals surface area contributed by atoms with Crippen LogP contribution in [0, 0.1) is 13.8 Å². The number of hydrogen-bond acceptors (Lipinski definition) is 6. The molecule has 1 saturated heterocycles. The minimum Gasteiger partial charge on any atom is -0.456 e. The van der Waals surface area contributed by atoms with Crippen LogP contribution >= 0.6 is 0 Å². The Morgan fingerprint density at radius 3 is 2.69 bits per heavy atom. The molecule has 1 atom stereocenters. The molecule has 1 aromatic carbocycles. The summed E-state index contributed by atoms with van der Waals surface area (Å²) in [5, 5.41) is 0. The van der Waals surface area contributed by atoms with E-state index >= 15 is 0 Å². The molecule has 8 heteroatoms. The number of aromatic nitrogens is 1. The highest BCUT2D eigenvalue weighted by molar-refractivity contribution is 5.99. The van der Waals surface area contributed by atoms with E-state index in [9.17, 15) is 14.4 Å². The molecule has 2 aliphatic rings. The van der Waals surface area contributed by atoms with Crippen LogP contribution in [-0.2, 0) is 14.3 Å². The molecule has 1 fully saturated rings. The van der Waals surface area contributed by atoms with Gasteiger partial charge in [0, 0.05) is 41.7 Å². The van der Waals surface area contributed by atoms with Gasteiger partial charge in [0.15, 0.2) is 18.1 Å². The monoisotopic (exact) mass is 440 g/mol. The third-order valence-corrected chi connectivity index (χ3v) is 6.00. The minimum atomic E-state index is -0.595. The van der Waals surface area contributed by atoms with Gasteiger partial charge in [-0.15, -0.1) is 0 Å². The lowest BCUT2D eigenvalue weighted by molar-refractivity contribution is -0.152. The average Bonchev–Trinajstić information content (AvgIpc) is 3.50. The van der Waals surface area contributed by atoms with Crippen LogP contribution in [0.2, 0.25) is 0 Å². The largest absolute Gasteiger partial charge is 0.456 e. The van der Waals surface area contributed by atoms with Crippen LogP contribution in [0.25, 0.3) is 5.69 Å². The highest BCUT2D eigenvalue weighted by Crippen LogP contribution is 2.35. The maximum Gasteiger partial charge on any atom is 0.329 e. The Labute approximate surface area is 187 Å². The van der Waals surface area contributed by atoms with Crippen molar-refractivity contribution in [1.29, 1.82) is 0 Å². The molecule has 1 unspecified atom stereocenters. The Hall–Kier alpha value is -3.29. The van der Waals surface area contributed by atoms with Crippen molar-refractivity contribution in [3.8, 4) is 17.2 Å². The Bertz CT molecular complexity index is 1060. The van der Waals surface area contributed by atoms with Crippen LogP contribution in [0.5, 0.6) is 11.5 Å². The summed E-state index contributed by atoms with van der Waals surface area (Å²) in [6.45, 7) is 6.10. The molecule has 3 heterocycles. The first-order valence-electron chi connectivity index (χ1n) is 11.0. The zero-order valence-corrected chi connectivity index (χ0v) is 18.7. The maximum atomic E-state index is 12.9. The van der Waals surface area contributed by atoms with Crippen molar-refractivity contribution < 1.29 is 28.6 Å². The lowest BCUT2D eigenvalue weighted by atomic mass is 10.1. The van der Waals surface area contributed by atoms with Crippen molar-refractivity contribution in [2.75, 3.05) is 19.9 Å². The molecule has 1 amide bonds. The van der Waals surface area contributed by atoms with Crippen LogP contribution < -0.4 is 9.47 Å². The van der Waals surface area contributed by atoms with E-state index < -0.39 is 12.0 Å². The van der Waals surface area contributed by atoms with E-state index in [1.807, 2.05) is 43.5 Å². The number of esters is 1. The summed E-state index contributed by atoms with van der Waals surface area (Å²) in [6.07, 6.45) is 2.48. The number of amides is 1. The topological polar surface area (TPSA) is 87.1 Å². The number of ketones is 1. The Morgan fingerprint density at radius 2 is 1.91 bits per heavy atom. The molecule has 32 heavy (non-hydrogen) atoms. The second-order valence-electron chi connectivity index (χ2n) is 8.18. The van der Waals surface area contributed by atoms with Gasteiger partial charge in [-0.3, -0.25) is 9.59 Å². The first-order chi connectivity index (χ1) is 15.4. The van der Waals surface area contributed by atoms with Crippen molar-refractivity contribution in [1.82, 2.24) is 9.47 Å². The van der Waals surface area contributed by atoms with Crippen molar-refractivity contribution >= 4 is 17.7 Å². The van der Waals surface area contributed by atoms with E-state index in [-0.39, 0.29) is 25.1 Å². The van der Waals surface area contributed by atoms with Gasteiger partial charge in [0.1, 0.15) is 6.04 Å². The molecule has 2 aromatic rings. The number of benzene rings is 1. The van der Waals surface area contributed by atoms with Crippen molar-refractivity contribution in [2.45, 2.75) is 52.5 Å². The van der Waals surface area contributed by atoms with Gasteiger partial charge in [0.05, 0.1) is 0 Å². The van der Waals surface area contributed by atoms with E-state index in [4.69, 9.17) is 14.2 Å². The van der Waals surface area contributed by atoms with Gasteiger partial charge < -0.3 is 23.7 Å². The molecular formula is C24H28N2O6. The molecular weight excluding hydrogens is 412 g/mol. The predicted octanol–water partition coefficient (Wildman–Crippen LogP) is 3.34. The SMILES string of the molecule is CCCC(=O)N1CCCC1C(=O)OCC(=O)c1cc(C)n(-c2ccc3c(c2)OCO3)c1C. The second-order valence-corrected chi connectivity index (χ2v) is 8.18. The summed E-state index contributed by atoms with van der Waals surface area (Å²) in [7, 11) is 0. The summed E-state index contributed by atoms with van der Waals surface area (Å²) >= 11 is 0. The fourth-order valence-electron chi connectivity index (χ4n) is 4.45. The Morgan fingerprint density at radius 1 is 1.12 bits per heavy atom. The van der Waals surface area contributed by atoms with Gasteiger partial charge in [0.2, 0.25) is 18.5 Å². The van der Waals surface area contributed by atoms with Crippen molar-refractivity contribution in [3.63, 3.8) is 0 Å². The molecule has 0 aliphatic carbocycles. The van der Waals surface area contributed by atoms with Gasteiger partial charge in [-0.05, 0) is 51.3 Å². The summed E-state index contributed by atoms with van der Waals surface area (Å²) in [4.78, 5) is 39.3. The molecule has 0 saturated carbocycles. The van der Waals surface area contributed by atoms with E-state index in [0.717, 1.165) is 29.9 Å². The fourth-order valence-corrected chi connectivity index (χ4v) is 4.45. The number of Topliss-reactive ketones (excluding diaryl/α,β-unsaturated/α-hetero) is 1. The zero-order chi connectivity index (χ0) is 22.8. The molecule has 0 N–H and O–H groups in total. The number of fused-ring (bicyclic) bond motifs is 1. The number of carbonyl (C=O) groups excluding carboxylic acids is 3. The fraction of sp³-hybridized carbons (Fsp3) is 0.458. The standard InChI is InChI=1S/C24H28N2O6/c1-4-6-23(28)25-10-5-7-19(25)24(29)30-13-20(27)18-11-15(2)26(16(18)3)17-8-9-21-22(12-17)32-14-31-21/h8-9,11-12,19H,4-7,10,13-14H2,1-3H3. The Balaban J connectivity index is 1.45. The molecule has 4 rings (SSSR count). The quantitative estimate of drug-likeness (QED) is 0.485. The van der Waals surface area contributed by atoms with Gasteiger partial charge >= 0.3 is 5.97 Å². The van der Waals surface area contributed by atoms with Gasteiger partial charge in [-0.1, -0.05) is 6.92 Å². The molecule has 0 radical (unpaired) electrons. The lowest BCUT2D eigenvalue weighted by Crippen LogP contribution is -2.41.